The van der Waals surface area contributed by atoms with Gasteiger partial charge in [-0.25, -0.2) is 0 Å². The zero-order chi connectivity index (χ0) is 27.0. The van der Waals surface area contributed by atoms with E-state index in [1.807, 2.05) is 0 Å². The molecule has 2 N–H and O–H groups in total. The van der Waals surface area contributed by atoms with Gasteiger partial charge in [0.1, 0.15) is 5.54 Å². The highest BCUT2D eigenvalue weighted by Crippen LogP contribution is 2.41. The fraction of sp³-hybridized carbons (Fsp3) is 0.360. The van der Waals surface area contributed by atoms with E-state index < -0.39 is 23.5 Å². The highest BCUT2D eigenvalue weighted by Gasteiger charge is 2.52. The SMILES string of the molecule is O=C(NC1(C(=O)NC2CCOC2)CC1)c1ccc(/C=C/C(c2cc(Cl)c(Cl)c(Cl)c2)C(F)(F)F)cc1Br. The number of ether oxygens (including phenoxy) is 1. The number of hydrogen-bond donors (Lipinski definition) is 2. The van der Waals surface area contributed by atoms with Crippen molar-refractivity contribution in [2.24, 2.45) is 0 Å². The Hall–Kier alpha value is -1.78. The number of alkyl halides is 3. The van der Waals surface area contributed by atoms with Crippen molar-refractivity contribution in [3.05, 3.63) is 72.6 Å². The van der Waals surface area contributed by atoms with E-state index in [4.69, 9.17) is 39.5 Å². The molecule has 1 aliphatic heterocycles. The quantitative estimate of drug-likeness (QED) is 0.323. The number of rotatable bonds is 7. The Bertz CT molecular complexity index is 1220. The van der Waals surface area contributed by atoms with Crippen LogP contribution in [0.4, 0.5) is 13.2 Å². The normalized spacial score (nSPS) is 19.6. The lowest BCUT2D eigenvalue weighted by molar-refractivity contribution is -0.139. The van der Waals surface area contributed by atoms with Gasteiger partial charge < -0.3 is 15.4 Å². The number of amides is 2. The molecule has 1 saturated carbocycles. The zero-order valence-electron chi connectivity index (χ0n) is 19.1. The molecule has 1 aliphatic carbocycles. The lowest BCUT2D eigenvalue weighted by atomic mass is 9.97. The second kappa shape index (κ2) is 11.1. The molecule has 2 unspecified atom stereocenters. The van der Waals surface area contributed by atoms with Gasteiger partial charge >= 0.3 is 6.18 Å². The Balaban J connectivity index is 1.48. The fourth-order valence-corrected chi connectivity index (χ4v) is 5.17. The third-order valence-corrected chi connectivity index (χ3v) is 8.09. The molecule has 1 heterocycles. The molecule has 2 aliphatic rings. The molecule has 0 bridgehead atoms. The Morgan fingerprint density at radius 3 is 2.35 bits per heavy atom. The minimum Gasteiger partial charge on any atom is -0.379 e. The van der Waals surface area contributed by atoms with E-state index in [9.17, 15) is 22.8 Å². The van der Waals surface area contributed by atoms with Crippen LogP contribution in [0.15, 0.2) is 40.9 Å². The van der Waals surface area contributed by atoms with Gasteiger partial charge in [-0.2, -0.15) is 13.2 Å². The van der Waals surface area contributed by atoms with Crippen LogP contribution in [-0.4, -0.2) is 42.8 Å². The van der Waals surface area contributed by atoms with E-state index in [-0.39, 0.29) is 38.1 Å². The summed E-state index contributed by atoms with van der Waals surface area (Å²) >= 11 is 21.0. The number of benzene rings is 2. The maximum atomic E-state index is 13.8. The Kier molecular flexibility index (Phi) is 8.50. The molecule has 37 heavy (non-hydrogen) atoms. The monoisotopic (exact) mass is 638 g/mol. The van der Waals surface area contributed by atoms with Crippen LogP contribution in [0.2, 0.25) is 15.1 Å². The van der Waals surface area contributed by atoms with Crippen LogP contribution in [0.5, 0.6) is 0 Å². The second-order valence-electron chi connectivity index (χ2n) is 8.99. The maximum absolute atomic E-state index is 13.8. The molecule has 2 atom stereocenters. The molecule has 4 rings (SSSR count). The molecule has 5 nitrogen and oxygen atoms in total. The highest BCUT2D eigenvalue weighted by atomic mass is 79.9. The fourth-order valence-electron chi connectivity index (χ4n) is 3.98. The number of allylic oxidation sites excluding steroid dienone is 1. The first-order valence-electron chi connectivity index (χ1n) is 11.3. The molecule has 0 radical (unpaired) electrons. The summed E-state index contributed by atoms with van der Waals surface area (Å²) in [6.45, 7) is 1.03. The van der Waals surface area contributed by atoms with Crippen molar-refractivity contribution in [2.75, 3.05) is 13.2 Å². The average molecular weight is 641 g/mol. The van der Waals surface area contributed by atoms with Crippen LogP contribution in [0.1, 0.15) is 46.7 Å². The summed E-state index contributed by atoms with van der Waals surface area (Å²) in [5, 5.41) is 5.53. The van der Waals surface area contributed by atoms with Crippen molar-refractivity contribution < 1.29 is 27.5 Å². The summed E-state index contributed by atoms with van der Waals surface area (Å²) in [5.74, 6) is -2.69. The van der Waals surface area contributed by atoms with Crippen molar-refractivity contribution in [3.8, 4) is 0 Å². The number of halogens is 7. The second-order valence-corrected chi connectivity index (χ2v) is 11.0. The van der Waals surface area contributed by atoms with Crippen molar-refractivity contribution in [2.45, 2.75) is 42.9 Å². The van der Waals surface area contributed by atoms with Crippen LogP contribution >= 0.6 is 50.7 Å². The van der Waals surface area contributed by atoms with Crippen molar-refractivity contribution in [1.29, 1.82) is 0 Å². The average Bonchev–Trinajstić information content (AvgIpc) is 3.41. The van der Waals surface area contributed by atoms with Gasteiger partial charge in [0.15, 0.2) is 0 Å². The first-order chi connectivity index (χ1) is 17.4. The number of carbonyl (C=O) groups is 2. The van der Waals surface area contributed by atoms with Crippen LogP contribution in [0.25, 0.3) is 6.08 Å². The zero-order valence-corrected chi connectivity index (χ0v) is 23.0. The molecule has 2 fully saturated rings. The van der Waals surface area contributed by atoms with Gasteiger partial charge in [0, 0.05) is 11.1 Å². The number of nitrogens with one attached hydrogen (secondary N) is 2. The lowest BCUT2D eigenvalue weighted by Crippen LogP contribution is -2.51. The predicted octanol–water partition coefficient (Wildman–Crippen LogP) is 6.94. The molecule has 12 heteroatoms. The number of hydrogen-bond acceptors (Lipinski definition) is 3. The minimum atomic E-state index is -4.61. The highest BCUT2D eigenvalue weighted by molar-refractivity contribution is 9.10. The Morgan fingerprint density at radius 2 is 1.81 bits per heavy atom. The van der Waals surface area contributed by atoms with E-state index in [2.05, 4.69) is 26.6 Å². The topological polar surface area (TPSA) is 67.4 Å². The van der Waals surface area contributed by atoms with Gasteiger partial charge in [0.25, 0.3) is 5.91 Å². The first-order valence-corrected chi connectivity index (χ1v) is 13.2. The van der Waals surface area contributed by atoms with E-state index in [0.717, 1.165) is 24.6 Å². The molecule has 1 saturated heterocycles. The van der Waals surface area contributed by atoms with Crippen molar-refractivity contribution in [1.82, 2.24) is 10.6 Å². The Labute approximate surface area is 234 Å². The smallest absolute Gasteiger partial charge is 0.379 e. The molecular weight excluding hydrogens is 620 g/mol. The third-order valence-electron chi connectivity index (χ3n) is 6.24. The van der Waals surface area contributed by atoms with E-state index in [0.29, 0.717) is 36.1 Å². The third kappa shape index (κ3) is 6.63. The molecule has 0 spiro atoms. The number of carbonyl (C=O) groups excluding carboxylic acids is 2. The van der Waals surface area contributed by atoms with Crippen molar-refractivity contribution in [3.63, 3.8) is 0 Å². The molecule has 2 aromatic carbocycles. The summed E-state index contributed by atoms with van der Waals surface area (Å²) in [6, 6.07) is 6.71. The Morgan fingerprint density at radius 1 is 1.14 bits per heavy atom. The van der Waals surface area contributed by atoms with Gasteiger partial charge in [0.2, 0.25) is 5.91 Å². The largest absolute Gasteiger partial charge is 0.399 e. The van der Waals surface area contributed by atoms with Crippen LogP contribution in [0.3, 0.4) is 0 Å². The molecule has 0 aromatic heterocycles. The van der Waals surface area contributed by atoms with Gasteiger partial charge in [-0.05, 0) is 70.6 Å². The van der Waals surface area contributed by atoms with E-state index in [1.165, 1.54) is 24.3 Å². The van der Waals surface area contributed by atoms with Crippen LogP contribution in [-0.2, 0) is 9.53 Å². The van der Waals surface area contributed by atoms with E-state index >= 15 is 0 Å². The summed E-state index contributed by atoms with van der Waals surface area (Å²) in [6.07, 6.45) is -0.572. The minimum absolute atomic E-state index is 0.0206. The van der Waals surface area contributed by atoms with Gasteiger partial charge in [-0.3, -0.25) is 9.59 Å². The summed E-state index contributed by atoms with van der Waals surface area (Å²) in [4.78, 5) is 25.6. The van der Waals surface area contributed by atoms with Gasteiger partial charge in [-0.15, -0.1) is 0 Å². The summed E-state index contributed by atoms with van der Waals surface area (Å²) < 4.78 is 47.1. The molecular formula is C25H21BrCl3F3N2O3. The van der Waals surface area contributed by atoms with Crippen molar-refractivity contribution >= 4 is 68.6 Å². The van der Waals surface area contributed by atoms with Crippen LogP contribution < -0.4 is 10.6 Å². The first kappa shape index (κ1) is 28.2. The van der Waals surface area contributed by atoms with Gasteiger partial charge in [-0.1, -0.05) is 53.0 Å². The summed E-state index contributed by atoms with van der Waals surface area (Å²) in [5.41, 5.74) is -0.443. The predicted molar refractivity (Wildman–Crippen MR) is 140 cm³/mol. The standard InChI is InChI=1S/C25H21BrCl3F3N2O3/c26-18-9-13(2-4-17(25(30,31)32)14-10-19(27)21(29)20(28)11-14)1-3-16(18)22(35)34-24(6-7-24)23(36)33-15-5-8-37-12-15/h1-4,9-11,15,17H,5-8,12H2,(H,33,36)(H,34,35)/b4-2+. The van der Waals surface area contributed by atoms with Crippen LogP contribution in [0, 0.1) is 0 Å². The lowest BCUT2D eigenvalue weighted by Gasteiger charge is -2.20. The molecule has 198 valence electrons. The van der Waals surface area contributed by atoms with E-state index in [1.54, 1.807) is 0 Å². The summed E-state index contributed by atoms with van der Waals surface area (Å²) in [7, 11) is 0. The van der Waals surface area contributed by atoms with Gasteiger partial charge in [0.05, 0.1) is 39.2 Å². The molecule has 2 aromatic rings. The maximum Gasteiger partial charge on any atom is 0.399 e. The molecule has 2 amide bonds.